The lowest BCUT2D eigenvalue weighted by atomic mass is 10.0. The van der Waals surface area contributed by atoms with E-state index >= 15 is 0 Å². The third-order valence-electron chi connectivity index (χ3n) is 4.14. The molecule has 1 atom stereocenters. The molecule has 0 radical (unpaired) electrons. The van der Waals surface area contributed by atoms with Crippen LogP contribution in [0.3, 0.4) is 0 Å². The van der Waals surface area contributed by atoms with Crippen LogP contribution in [0.5, 0.6) is 0 Å². The van der Waals surface area contributed by atoms with Gasteiger partial charge in [0.05, 0.1) is 10.7 Å². The van der Waals surface area contributed by atoms with E-state index in [1.165, 1.54) is 10.7 Å². The first-order valence-electron chi connectivity index (χ1n) is 8.99. The number of aromatic nitrogens is 2. The van der Waals surface area contributed by atoms with Crippen molar-refractivity contribution in [2.24, 2.45) is 5.92 Å². The molecule has 2 aromatic rings. The van der Waals surface area contributed by atoms with Gasteiger partial charge in [0.15, 0.2) is 0 Å². The maximum atomic E-state index is 12.2. The lowest BCUT2D eigenvalue weighted by molar-refractivity contribution is -0.122. The summed E-state index contributed by atoms with van der Waals surface area (Å²) in [5, 5.41) is 7.78. The summed E-state index contributed by atoms with van der Waals surface area (Å²) < 4.78 is 1.18. The van der Waals surface area contributed by atoms with Crippen LogP contribution in [0.1, 0.15) is 40.0 Å². The summed E-state index contributed by atoms with van der Waals surface area (Å²) in [6.07, 6.45) is 3.13. The highest BCUT2D eigenvalue weighted by molar-refractivity contribution is 6.33. The van der Waals surface area contributed by atoms with Gasteiger partial charge in [0.1, 0.15) is 6.54 Å². The van der Waals surface area contributed by atoms with Crippen LogP contribution in [0.15, 0.2) is 41.2 Å². The second-order valence-electron chi connectivity index (χ2n) is 6.99. The Balaban J connectivity index is 2.03. The number of amides is 1. The smallest absolute Gasteiger partial charge is 0.267 e. The number of nitrogens with one attached hydrogen (secondary N) is 1. The Hall–Kier alpha value is -2.14. The molecule has 2 rings (SSSR count). The maximum Gasteiger partial charge on any atom is 0.267 e. The van der Waals surface area contributed by atoms with Gasteiger partial charge in [-0.3, -0.25) is 9.59 Å². The standard InChI is InChI=1S/C20H26ClN3O2/c1-14(2)7-6-8-15(3)22-19(25)13-24-20(26)12-11-18(23-24)16-9-4-5-10-17(16)21/h4-5,9-12,14-15H,6-8,13H2,1-3H3,(H,22,25). The quantitative estimate of drug-likeness (QED) is 0.761. The molecule has 0 bridgehead atoms. The van der Waals surface area contributed by atoms with E-state index in [4.69, 9.17) is 11.6 Å². The first-order chi connectivity index (χ1) is 12.4. The summed E-state index contributed by atoms with van der Waals surface area (Å²) in [5.74, 6) is 0.446. The zero-order valence-electron chi connectivity index (χ0n) is 15.5. The van der Waals surface area contributed by atoms with Crippen LogP contribution in [0.2, 0.25) is 5.02 Å². The van der Waals surface area contributed by atoms with E-state index in [1.54, 1.807) is 12.1 Å². The van der Waals surface area contributed by atoms with Crippen LogP contribution in [0.25, 0.3) is 11.3 Å². The van der Waals surface area contributed by atoms with Gasteiger partial charge in [-0.1, -0.05) is 56.5 Å². The van der Waals surface area contributed by atoms with Crippen molar-refractivity contribution < 1.29 is 4.79 Å². The fourth-order valence-electron chi connectivity index (χ4n) is 2.74. The molecule has 1 aromatic carbocycles. The molecule has 0 fully saturated rings. The van der Waals surface area contributed by atoms with Crippen molar-refractivity contribution in [3.8, 4) is 11.3 Å². The molecule has 26 heavy (non-hydrogen) atoms. The van der Waals surface area contributed by atoms with Crippen LogP contribution in [0, 0.1) is 5.92 Å². The van der Waals surface area contributed by atoms with Gasteiger partial charge >= 0.3 is 0 Å². The molecule has 140 valence electrons. The molecule has 1 heterocycles. The van der Waals surface area contributed by atoms with Crippen LogP contribution in [-0.2, 0) is 11.3 Å². The van der Waals surface area contributed by atoms with E-state index in [0.717, 1.165) is 24.8 Å². The normalized spacial score (nSPS) is 12.2. The number of benzene rings is 1. The molecule has 0 saturated carbocycles. The molecule has 1 unspecified atom stereocenters. The van der Waals surface area contributed by atoms with Crippen molar-refractivity contribution in [1.29, 1.82) is 0 Å². The Morgan fingerprint density at radius 2 is 1.88 bits per heavy atom. The maximum absolute atomic E-state index is 12.2. The van der Waals surface area contributed by atoms with Crippen molar-refractivity contribution in [2.75, 3.05) is 0 Å². The van der Waals surface area contributed by atoms with Crippen LogP contribution >= 0.6 is 11.6 Å². The largest absolute Gasteiger partial charge is 0.352 e. The fourth-order valence-corrected chi connectivity index (χ4v) is 2.97. The second kappa shape index (κ2) is 9.53. The molecule has 1 amide bonds. The van der Waals surface area contributed by atoms with Gasteiger partial charge in [0.2, 0.25) is 5.91 Å². The summed E-state index contributed by atoms with van der Waals surface area (Å²) in [5.41, 5.74) is 0.974. The molecule has 1 N–H and O–H groups in total. The van der Waals surface area contributed by atoms with Gasteiger partial charge in [-0.15, -0.1) is 0 Å². The molecule has 5 nitrogen and oxygen atoms in total. The average Bonchev–Trinajstić information content (AvgIpc) is 2.57. The lowest BCUT2D eigenvalue weighted by Gasteiger charge is -2.15. The van der Waals surface area contributed by atoms with Crippen LogP contribution < -0.4 is 10.9 Å². The van der Waals surface area contributed by atoms with Crippen LogP contribution in [0.4, 0.5) is 0 Å². The Kier molecular flexibility index (Phi) is 7.39. The van der Waals surface area contributed by atoms with Crippen LogP contribution in [-0.4, -0.2) is 21.7 Å². The van der Waals surface area contributed by atoms with Crippen molar-refractivity contribution in [3.63, 3.8) is 0 Å². The molecular formula is C20H26ClN3O2. The number of carbonyl (C=O) groups is 1. The molecule has 1 aromatic heterocycles. The summed E-state index contributed by atoms with van der Waals surface area (Å²) in [6.45, 7) is 6.25. The minimum atomic E-state index is -0.316. The minimum Gasteiger partial charge on any atom is -0.352 e. The summed E-state index contributed by atoms with van der Waals surface area (Å²) in [4.78, 5) is 24.3. The van der Waals surface area contributed by atoms with Gasteiger partial charge < -0.3 is 5.32 Å². The minimum absolute atomic E-state index is 0.0729. The van der Waals surface area contributed by atoms with E-state index in [9.17, 15) is 9.59 Å². The van der Waals surface area contributed by atoms with E-state index in [2.05, 4.69) is 24.3 Å². The van der Waals surface area contributed by atoms with Crippen molar-refractivity contribution >= 4 is 17.5 Å². The lowest BCUT2D eigenvalue weighted by Crippen LogP contribution is -2.38. The number of carbonyl (C=O) groups excluding carboxylic acids is 1. The fraction of sp³-hybridized carbons (Fsp3) is 0.450. The Morgan fingerprint density at radius 3 is 2.58 bits per heavy atom. The third-order valence-corrected chi connectivity index (χ3v) is 4.47. The SMILES string of the molecule is CC(C)CCCC(C)NC(=O)Cn1nc(-c2ccccc2Cl)ccc1=O. The first kappa shape index (κ1) is 20.2. The van der Waals surface area contributed by atoms with Gasteiger partial charge in [0, 0.05) is 17.7 Å². The molecule has 0 aliphatic heterocycles. The van der Waals surface area contributed by atoms with Gasteiger partial charge in [-0.25, -0.2) is 4.68 Å². The molecule has 0 aliphatic carbocycles. The predicted molar refractivity (Wildman–Crippen MR) is 105 cm³/mol. The monoisotopic (exact) mass is 375 g/mol. The summed E-state index contributed by atoms with van der Waals surface area (Å²) in [7, 11) is 0. The number of hydrogen-bond donors (Lipinski definition) is 1. The third kappa shape index (κ3) is 5.99. The van der Waals surface area contributed by atoms with Gasteiger partial charge in [-0.05, 0) is 31.4 Å². The number of hydrogen-bond acceptors (Lipinski definition) is 3. The van der Waals surface area contributed by atoms with Gasteiger partial charge in [-0.2, -0.15) is 5.10 Å². The van der Waals surface area contributed by atoms with Crippen molar-refractivity contribution in [2.45, 2.75) is 52.6 Å². The van der Waals surface area contributed by atoms with Gasteiger partial charge in [0.25, 0.3) is 5.56 Å². The Morgan fingerprint density at radius 1 is 1.15 bits per heavy atom. The van der Waals surface area contributed by atoms with Crippen molar-refractivity contribution in [1.82, 2.24) is 15.1 Å². The highest BCUT2D eigenvalue weighted by Crippen LogP contribution is 2.24. The molecule has 0 saturated heterocycles. The highest BCUT2D eigenvalue weighted by Gasteiger charge is 2.12. The Labute approximate surface area is 159 Å². The topological polar surface area (TPSA) is 64.0 Å². The van der Waals surface area contributed by atoms with E-state index in [-0.39, 0.29) is 24.1 Å². The van der Waals surface area contributed by atoms with E-state index in [1.807, 2.05) is 25.1 Å². The highest BCUT2D eigenvalue weighted by atomic mass is 35.5. The Bertz CT molecular complexity index is 802. The summed E-state index contributed by atoms with van der Waals surface area (Å²) >= 11 is 6.19. The van der Waals surface area contributed by atoms with E-state index < -0.39 is 0 Å². The van der Waals surface area contributed by atoms with E-state index in [0.29, 0.717) is 16.6 Å². The molecule has 0 aliphatic rings. The second-order valence-corrected chi connectivity index (χ2v) is 7.39. The first-order valence-corrected chi connectivity index (χ1v) is 9.37. The summed E-state index contributed by atoms with van der Waals surface area (Å²) in [6, 6.07) is 10.4. The number of rotatable bonds is 8. The molecule has 6 heteroatoms. The predicted octanol–water partition coefficient (Wildman–Crippen LogP) is 3.89. The number of halogens is 1. The zero-order chi connectivity index (χ0) is 19.1. The zero-order valence-corrected chi connectivity index (χ0v) is 16.3. The molecule has 0 spiro atoms. The van der Waals surface area contributed by atoms with Crippen molar-refractivity contribution in [3.05, 3.63) is 51.8 Å². The number of nitrogens with zero attached hydrogens (tertiary/aromatic N) is 2. The average molecular weight is 376 g/mol. The molecular weight excluding hydrogens is 350 g/mol.